The van der Waals surface area contributed by atoms with Gasteiger partial charge in [0.2, 0.25) is 11.5 Å². The first-order valence-electron chi connectivity index (χ1n) is 28.2. The van der Waals surface area contributed by atoms with Crippen LogP contribution in [0.15, 0.2) is 59.7 Å². The van der Waals surface area contributed by atoms with Gasteiger partial charge in [0.1, 0.15) is 35.8 Å². The van der Waals surface area contributed by atoms with Crippen molar-refractivity contribution in [1.29, 1.82) is 0 Å². The third kappa shape index (κ3) is 7.72. The summed E-state index contributed by atoms with van der Waals surface area (Å²) in [6.07, 6.45) is 2.62. The molecule has 12 rings (SSSR count). The van der Waals surface area contributed by atoms with Gasteiger partial charge in [0.15, 0.2) is 23.5 Å². The summed E-state index contributed by atoms with van der Waals surface area (Å²) in [7, 11) is 6.94. The Morgan fingerprint density at radius 2 is 1.78 bits per heavy atom. The molecule has 23 nitrogen and oxygen atoms in total. The number of ether oxygens (including phenoxy) is 7. The summed E-state index contributed by atoms with van der Waals surface area (Å²) < 4.78 is 44.9. The molecule has 2 bridgehead atoms. The number of esters is 3. The summed E-state index contributed by atoms with van der Waals surface area (Å²) in [5, 5.41) is 38.4. The number of nitrogens with one attached hydrogen (secondary N) is 2. The van der Waals surface area contributed by atoms with Crippen molar-refractivity contribution in [3.8, 4) is 5.75 Å². The second-order valence-electron chi connectivity index (χ2n) is 23.6. The Balaban J connectivity index is 1.14. The summed E-state index contributed by atoms with van der Waals surface area (Å²) in [6, 6.07) is 10.7. The van der Waals surface area contributed by atoms with Crippen molar-refractivity contribution in [2.75, 3.05) is 80.3 Å². The van der Waals surface area contributed by atoms with Gasteiger partial charge in [-0.1, -0.05) is 44.2 Å². The van der Waals surface area contributed by atoms with Gasteiger partial charge >= 0.3 is 17.9 Å². The van der Waals surface area contributed by atoms with Gasteiger partial charge in [0.25, 0.3) is 5.56 Å². The van der Waals surface area contributed by atoms with Crippen molar-refractivity contribution in [1.82, 2.24) is 34.0 Å². The highest BCUT2D eigenvalue weighted by molar-refractivity contribution is 5.95. The highest BCUT2D eigenvalue weighted by Gasteiger charge is 2.81. The van der Waals surface area contributed by atoms with E-state index in [4.69, 9.17) is 38.1 Å². The monoisotopic (exact) mass is 1130 g/mol. The zero-order chi connectivity index (χ0) is 58.0. The quantitative estimate of drug-likeness (QED) is 0.0463. The lowest BCUT2D eigenvalue weighted by molar-refractivity contribution is -0.243. The normalized spacial score (nSPS) is 35.4. The second kappa shape index (κ2) is 20.4. The van der Waals surface area contributed by atoms with Crippen LogP contribution in [0, 0.1) is 17.3 Å². The molecule has 5 N–H and O–H groups in total. The van der Waals surface area contributed by atoms with Gasteiger partial charge in [-0.3, -0.25) is 43.8 Å². The number of nitrogens with zero attached hydrogens (tertiary/aromatic N) is 6. The Morgan fingerprint density at radius 3 is 2.48 bits per heavy atom. The van der Waals surface area contributed by atoms with Crippen molar-refractivity contribution in [2.24, 2.45) is 17.3 Å². The lowest BCUT2D eigenvalue weighted by Crippen LogP contribution is -2.77. The molecule has 6 unspecified atom stereocenters. The summed E-state index contributed by atoms with van der Waals surface area (Å²) >= 11 is 0. The molecular formula is C59H72N8O15. The van der Waals surface area contributed by atoms with E-state index in [2.05, 4.69) is 25.2 Å². The van der Waals surface area contributed by atoms with Crippen LogP contribution in [0.4, 0.5) is 5.95 Å². The van der Waals surface area contributed by atoms with Gasteiger partial charge < -0.3 is 53.3 Å². The van der Waals surface area contributed by atoms with Crippen LogP contribution >= 0.6 is 0 Å². The minimum absolute atomic E-state index is 0.0375. The number of hydrogen-bond acceptors (Lipinski definition) is 20. The number of carbonyl (C=O) groups is 4. The molecular weight excluding hydrogens is 1060 g/mol. The van der Waals surface area contributed by atoms with Crippen LogP contribution in [0.5, 0.6) is 5.75 Å². The number of piperidine rings is 1. The number of imidazole rings is 1. The van der Waals surface area contributed by atoms with Crippen molar-refractivity contribution in [3.63, 3.8) is 0 Å². The van der Waals surface area contributed by atoms with E-state index in [1.54, 1.807) is 10.7 Å². The number of aliphatic hydroxyl groups excluding tert-OH is 1. The molecule has 5 aliphatic heterocycles. The van der Waals surface area contributed by atoms with E-state index in [1.807, 2.05) is 56.3 Å². The zero-order valence-corrected chi connectivity index (χ0v) is 47.4. The number of para-hydroxylation sites is 1. The lowest BCUT2D eigenvalue weighted by atomic mass is 9.45. The summed E-state index contributed by atoms with van der Waals surface area (Å²) in [5.74, 6) is -5.14. The van der Waals surface area contributed by atoms with E-state index in [9.17, 15) is 34.5 Å². The van der Waals surface area contributed by atoms with E-state index >= 15 is 4.79 Å². The molecule has 2 aliphatic carbocycles. The number of fused-ring (bicyclic) bond motifs is 7. The van der Waals surface area contributed by atoms with Crippen LogP contribution in [0.1, 0.15) is 93.0 Å². The number of anilines is 1. The van der Waals surface area contributed by atoms with Gasteiger partial charge in [-0.25, -0.2) is 9.78 Å². The smallest absolute Gasteiger partial charge is 0.342 e. The number of aliphatic hydroxyl groups is 3. The third-order valence-corrected chi connectivity index (χ3v) is 19.9. The molecule has 2 aromatic carbocycles. The third-order valence-electron chi connectivity index (χ3n) is 19.9. The first-order chi connectivity index (χ1) is 39.4. The molecule has 0 radical (unpaired) electrons. The topological polar surface area (TPSA) is 281 Å². The molecule has 15 atom stereocenters. The maximum atomic E-state index is 16.3. The van der Waals surface area contributed by atoms with Crippen LogP contribution < -0.4 is 15.7 Å². The van der Waals surface area contributed by atoms with Gasteiger partial charge in [0, 0.05) is 87.0 Å². The minimum Gasteiger partial charge on any atom is -0.496 e. The Labute approximate surface area is 472 Å². The Kier molecular flexibility index (Phi) is 13.9. The average molecular weight is 1130 g/mol. The number of methoxy groups -OCH3 is 5. The van der Waals surface area contributed by atoms with E-state index in [0.717, 1.165) is 24.3 Å². The van der Waals surface area contributed by atoms with Crippen LogP contribution in [0.25, 0.3) is 22.1 Å². The van der Waals surface area contributed by atoms with Crippen molar-refractivity contribution in [3.05, 3.63) is 93.2 Å². The molecule has 438 valence electrons. The zero-order valence-electron chi connectivity index (χ0n) is 47.4. The predicted molar refractivity (Wildman–Crippen MR) is 294 cm³/mol. The Bertz CT molecular complexity index is 3490. The first kappa shape index (κ1) is 55.9. The number of aromatic amines is 1. The fourth-order valence-corrected chi connectivity index (χ4v) is 16.9. The SMILES string of the molecule is CC[C@]1(O)C[C@@H]2CN(CCc3c(n(Nc4nc5c(ncn5C5OC(COC)C(OC)C5O)c(=O)[nH]4)c4ccccc34)[C@@](C(=O)OC)(c3cc4c(cc3OC)C(C=O)[C@H]3[C@@](O)(C(=O)OC)[C@H](OC(C)=O)[C@]5(CC)C=CCN6CC[C@]43[C@@H]65)C2)C1. The maximum absolute atomic E-state index is 16.3. The van der Waals surface area contributed by atoms with E-state index in [0.29, 0.717) is 92.7 Å². The van der Waals surface area contributed by atoms with E-state index in [1.165, 1.54) is 46.3 Å². The van der Waals surface area contributed by atoms with Gasteiger partial charge in [0.05, 0.1) is 51.1 Å². The second-order valence-corrected chi connectivity index (χ2v) is 23.6. The molecule has 1 saturated carbocycles. The summed E-state index contributed by atoms with van der Waals surface area (Å²) in [4.78, 5) is 89.7. The van der Waals surface area contributed by atoms with Crippen LogP contribution in [-0.2, 0) is 64.9 Å². The molecule has 8 heterocycles. The molecule has 3 saturated heterocycles. The van der Waals surface area contributed by atoms with Gasteiger partial charge in [-0.2, -0.15) is 4.98 Å². The number of H-pyrrole nitrogens is 1. The lowest BCUT2D eigenvalue weighted by Gasteiger charge is -2.63. The van der Waals surface area contributed by atoms with Crippen LogP contribution in [-0.4, -0.2) is 190 Å². The first-order valence-corrected chi connectivity index (χ1v) is 28.2. The number of hydrogen-bond donors (Lipinski definition) is 5. The van der Waals surface area contributed by atoms with Gasteiger partial charge in [-0.05, 0) is 85.9 Å². The summed E-state index contributed by atoms with van der Waals surface area (Å²) in [6.45, 7) is 7.58. The molecule has 82 heavy (non-hydrogen) atoms. The maximum Gasteiger partial charge on any atom is 0.342 e. The number of carbonyl (C=O) groups excluding carboxylic acids is 4. The number of rotatable bonds is 14. The summed E-state index contributed by atoms with van der Waals surface area (Å²) in [5.41, 5.74) is -1.98. The fourth-order valence-electron chi connectivity index (χ4n) is 16.9. The van der Waals surface area contributed by atoms with Crippen LogP contribution in [0.2, 0.25) is 0 Å². The minimum atomic E-state index is -2.58. The van der Waals surface area contributed by atoms with E-state index in [-0.39, 0.29) is 41.8 Å². The predicted octanol–water partition coefficient (Wildman–Crippen LogP) is 2.79. The van der Waals surface area contributed by atoms with Gasteiger partial charge in [-0.15, -0.1) is 0 Å². The Morgan fingerprint density at radius 1 is 1.00 bits per heavy atom. The number of benzene rings is 2. The molecule has 23 heteroatoms. The molecule has 0 amide bonds. The molecule has 3 aromatic heterocycles. The molecule has 4 fully saturated rings. The van der Waals surface area contributed by atoms with Crippen molar-refractivity contribution in [2.45, 2.75) is 124 Å². The van der Waals surface area contributed by atoms with Crippen molar-refractivity contribution >= 4 is 52.2 Å². The fraction of sp³-hybridized carbons (Fsp3) is 0.576. The highest BCUT2D eigenvalue weighted by atomic mass is 16.6. The molecule has 7 aliphatic rings. The number of aromatic nitrogens is 5. The molecule has 5 aromatic rings. The molecule has 1 spiro atoms. The number of aldehydes is 1. The average Bonchev–Trinajstić information content (AvgIpc) is 1.74. The van der Waals surface area contributed by atoms with Crippen molar-refractivity contribution < 1.29 is 67.7 Å². The van der Waals surface area contributed by atoms with Crippen LogP contribution in [0.3, 0.4) is 0 Å². The Hall–Kier alpha value is -6.57. The van der Waals surface area contributed by atoms with E-state index < -0.39 is 99.4 Å². The largest absolute Gasteiger partial charge is 0.496 e. The highest BCUT2D eigenvalue weighted by Crippen LogP contribution is 2.71. The standard InChI is InChI=1S/C59H72N8O15/c1-9-55(74)24-32-25-58(52(72)79-7,38-23-37-35(22-40(38)77-5)36(27-68)45-57(37)18-21-65-19-13-17-56(10-2,50(57)65)51(81-31(3)69)59(45,75)53(73)80-8)46-34(16-20-64(26-32)29-55)33-14-11-12-15-39(33)67(46)63-54-61-47-42(48(71)62-54)60-30-66(47)49-43(70)44(78-6)41(82-49)28-76-4/h11-15,17,22-23,27,30,32,36,41,43-45,49-51,70,74-75H,9-10,16,18-21,24-26,28-29H2,1-8H3,(H2,61,62,63,71)/t32-,36?,41?,43?,44?,45+,49?,50-,51+,55-,56+,57-,58-,59-/m0/s1.